The van der Waals surface area contributed by atoms with E-state index in [0.717, 1.165) is 42.2 Å². The molecule has 69 heavy (non-hydrogen) atoms. The Hall–Kier alpha value is -6.21. The highest BCUT2D eigenvalue weighted by molar-refractivity contribution is 7.22. The van der Waals surface area contributed by atoms with E-state index in [2.05, 4.69) is 15.6 Å². The molecular weight excluding hydrogens is 921 g/mol. The molecule has 0 radical (unpaired) electrons. The van der Waals surface area contributed by atoms with Crippen LogP contribution >= 0.6 is 22.7 Å². The van der Waals surface area contributed by atoms with Crippen LogP contribution in [0.25, 0.3) is 31.0 Å². The number of phenols is 1. The van der Waals surface area contributed by atoms with Gasteiger partial charge in [-0.05, 0) is 95.8 Å². The van der Waals surface area contributed by atoms with Crippen molar-refractivity contribution in [3.63, 3.8) is 0 Å². The first-order valence-electron chi connectivity index (χ1n) is 22.7. The third-order valence-electron chi connectivity index (χ3n) is 11.6. The van der Waals surface area contributed by atoms with Gasteiger partial charge in [-0.2, -0.15) is 0 Å². The van der Waals surface area contributed by atoms with Crippen molar-refractivity contribution in [2.75, 3.05) is 59.9 Å². The SMILES string of the molecule is COc1ccc2c(C(=O)c3ccc(OCCOCCOCCOCC(=O)N[C@H](C(=O)N4C[C@H](O)C[C@H]4C(=O)NCc4ccc(-c5scnc5C)cc4)C(C)(C)C)cc3)c(-c3ccc(O)cc3)sc2c1. The number of hydrogen-bond acceptors (Lipinski definition) is 14. The second kappa shape index (κ2) is 23.4. The molecule has 364 valence electrons. The predicted octanol–water partition coefficient (Wildman–Crippen LogP) is 7.18. The molecule has 2 aromatic heterocycles. The van der Waals surface area contributed by atoms with Crippen LogP contribution in [-0.2, 0) is 35.1 Å². The predicted molar refractivity (Wildman–Crippen MR) is 265 cm³/mol. The summed E-state index contributed by atoms with van der Waals surface area (Å²) in [6.07, 6.45) is -0.793. The molecule has 1 fully saturated rings. The van der Waals surface area contributed by atoms with Gasteiger partial charge in [-0.1, -0.05) is 45.0 Å². The zero-order valence-corrected chi connectivity index (χ0v) is 41.0. The number of likely N-dealkylation sites (tertiary alicyclic amines) is 1. The summed E-state index contributed by atoms with van der Waals surface area (Å²) in [4.78, 5) is 61.9. The van der Waals surface area contributed by atoms with Crippen molar-refractivity contribution in [3.8, 4) is 38.1 Å². The van der Waals surface area contributed by atoms with Crippen LogP contribution in [0.5, 0.6) is 17.2 Å². The largest absolute Gasteiger partial charge is 0.508 e. The number of ketones is 1. The van der Waals surface area contributed by atoms with E-state index in [1.165, 1.54) is 16.2 Å². The van der Waals surface area contributed by atoms with Crippen LogP contribution in [0.1, 0.15) is 54.4 Å². The van der Waals surface area contributed by atoms with E-state index in [-0.39, 0.29) is 63.4 Å². The summed E-state index contributed by atoms with van der Waals surface area (Å²) in [7, 11) is 1.60. The highest BCUT2D eigenvalue weighted by atomic mass is 32.1. The fourth-order valence-electron chi connectivity index (χ4n) is 7.90. The third kappa shape index (κ3) is 13.1. The molecule has 7 rings (SSSR count). The van der Waals surface area contributed by atoms with E-state index < -0.39 is 35.4 Å². The molecule has 3 amide bonds. The number of thiazole rings is 1. The number of rotatable bonds is 22. The molecule has 1 aliphatic rings. The Morgan fingerprint density at radius 2 is 1.46 bits per heavy atom. The van der Waals surface area contributed by atoms with Crippen molar-refractivity contribution in [2.24, 2.45) is 5.41 Å². The van der Waals surface area contributed by atoms with Crippen LogP contribution < -0.4 is 20.1 Å². The zero-order chi connectivity index (χ0) is 49.1. The number of methoxy groups -OCH3 is 1. The van der Waals surface area contributed by atoms with E-state index in [4.69, 9.17) is 23.7 Å². The zero-order valence-electron chi connectivity index (χ0n) is 39.3. The number of amides is 3. The van der Waals surface area contributed by atoms with Crippen molar-refractivity contribution < 1.29 is 53.1 Å². The van der Waals surface area contributed by atoms with Crippen LogP contribution in [0.2, 0.25) is 0 Å². The van der Waals surface area contributed by atoms with Crippen LogP contribution in [0.3, 0.4) is 0 Å². The minimum Gasteiger partial charge on any atom is -0.508 e. The molecule has 3 atom stereocenters. The number of aromatic hydroxyl groups is 1. The lowest BCUT2D eigenvalue weighted by Gasteiger charge is -2.35. The number of nitrogens with one attached hydrogen (secondary N) is 2. The molecular formula is C52H58N4O11S2. The monoisotopic (exact) mass is 978 g/mol. The molecule has 0 spiro atoms. The van der Waals surface area contributed by atoms with E-state index >= 15 is 0 Å². The number of thiophene rings is 1. The lowest BCUT2D eigenvalue weighted by atomic mass is 9.85. The normalized spacial score (nSPS) is 15.2. The second-order valence-electron chi connectivity index (χ2n) is 17.6. The summed E-state index contributed by atoms with van der Waals surface area (Å²) in [6, 6.07) is 25.4. The quantitative estimate of drug-likeness (QED) is 0.0396. The third-order valence-corrected chi connectivity index (χ3v) is 13.7. The van der Waals surface area contributed by atoms with E-state index in [9.17, 15) is 29.4 Å². The maximum atomic E-state index is 14.0. The summed E-state index contributed by atoms with van der Waals surface area (Å²) in [5, 5.41) is 26.9. The van der Waals surface area contributed by atoms with Gasteiger partial charge >= 0.3 is 0 Å². The lowest BCUT2D eigenvalue weighted by molar-refractivity contribution is -0.144. The Balaban J connectivity index is 0.784. The van der Waals surface area contributed by atoms with Gasteiger partial charge in [-0.15, -0.1) is 22.7 Å². The molecule has 0 unspecified atom stereocenters. The highest BCUT2D eigenvalue weighted by Crippen LogP contribution is 2.42. The average molecular weight is 979 g/mol. The number of aliphatic hydroxyl groups excluding tert-OH is 1. The fraction of sp³-hybridized carbons (Fsp3) is 0.365. The Morgan fingerprint density at radius 3 is 2.12 bits per heavy atom. The lowest BCUT2D eigenvalue weighted by Crippen LogP contribution is -2.58. The Kier molecular flexibility index (Phi) is 17.2. The topological polar surface area (TPSA) is 195 Å². The van der Waals surface area contributed by atoms with Crippen LogP contribution in [0.15, 0.2) is 96.5 Å². The molecule has 4 aromatic carbocycles. The number of β-amino-alcohol motifs (C(OH)–C–C–N with tert-alkyl or cyclic N) is 1. The highest BCUT2D eigenvalue weighted by Gasteiger charge is 2.44. The second-order valence-corrected chi connectivity index (χ2v) is 19.5. The van der Waals surface area contributed by atoms with Gasteiger partial charge in [0.25, 0.3) is 0 Å². The van der Waals surface area contributed by atoms with Crippen molar-refractivity contribution >= 4 is 56.3 Å². The number of ether oxygens (including phenoxy) is 5. The number of aryl methyl sites for hydroxylation is 1. The molecule has 15 nitrogen and oxygen atoms in total. The van der Waals surface area contributed by atoms with E-state index in [0.29, 0.717) is 42.4 Å². The number of benzene rings is 4. The number of nitrogens with zero attached hydrogens (tertiary/aromatic N) is 2. The molecule has 4 N–H and O–H groups in total. The molecule has 1 aliphatic heterocycles. The van der Waals surface area contributed by atoms with Gasteiger partial charge in [-0.3, -0.25) is 19.2 Å². The molecule has 3 heterocycles. The first kappa shape index (κ1) is 50.7. The Morgan fingerprint density at radius 1 is 0.826 bits per heavy atom. The number of phenolic OH excluding ortho intramolecular Hbond substituents is 1. The van der Waals surface area contributed by atoms with Gasteiger partial charge in [-0.25, -0.2) is 4.98 Å². The number of hydrogen-bond donors (Lipinski definition) is 4. The van der Waals surface area contributed by atoms with Crippen LogP contribution in [-0.4, -0.2) is 122 Å². The number of aromatic nitrogens is 1. The summed E-state index contributed by atoms with van der Waals surface area (Å²) in [6.45, 7) is 8.87. The number of carbonyl (C=O) groups excluding carboxylic acids is 4. The minimum absolute atomic E-state index is 0.0261. The summed E-state index contributed by atoms with van der Waals surface area (Å²) in [5.41, 5.74) is 5.90. The summed E-state index contributed by atoms with van der Waals surface area (Å²) in [5.74, 6) is -0.0342. The standard InChI is InChI=1S/C52H58N4O11S2/c1-32-47(68-31-54-32)35-8-6-33(7-9-35)28-53-50(61)42-26-38(58)29-56(42)51(62)49(52(2,3)4)55-44(59)30-66-23-22-64-20-21-65-24-25-67-39-16-12-34(13-17-39)46(60)45-41-19-18-40(63-5)27-43(41)69-48(45)36-10-14-37(57)15-11-36/h6-19,27,31,38,42,49,57-58H,20-26,28-30H2,1-5H3,(H,53,61)(H,55,59)/t38-,42+,49-/m1/s1. The van der Waals surface area contributed by atoms with Gasteiger partial charge < -0.3 is 49.4 Å². The van der Waals surface area contributed by atoms with Gasteiger partial charge in [0, 0.05) is 45.6 Å². The minimum atomic E-state index is -0.979. The average Bonchev–Trinajstić information content (AvgIpc) is 4.07. The maximum Gasteiger partial charge on any atom is 0.246 e. The molecule has 6 aromatic rings. The summed E-state index contributed by atoms with van der Waals surface area (Å²) >= 11 is 3.06. The van der Waals surface area contributed by atoms with Crippen molar-refractivity contribution in [1.29, 1.82) is 0 Å². The Labute approximate surface area is 409 Å². The van der Waals surface area contributed by atoms with Gasteiger partial charge in [0.1, 0.15) is 42.5 Å². The van der Waals surface area contributed by atoms with Crippen LogP contribution in [0.4, 0.5) is 0 Å². The maximum absolute atomic E-state index is 14.0. The van der Waals surface area contributed by atoms with Gasteiger partial charge in [0.05, 0.1) is 62.3 Å². The molecule has 17 heteroatoms. The van der Waals surface area contributed by atoms with Gasteiger partial charge in [0.15, 0.2) is 5.78 Å². The molecule has 0 bridgehead atoms. The number of fused-ring (bicyclic) bond motifs is 1. The van der Waals surface area contributed by atoms with Crippen molar-refractivity contribution in [3.05, 3.63) is 119 Å². The first-order valence-corrected chi connectivity index (χ1v) is 24.4. The Bertz CT molecular complexity index is 2700. The molecule has 1 saturated heterocycles. The van der Waals surface area contributed by atoms with E-state index in [1.807, 2.05) is 75.7 Å². The molecule has 0 aliphatic carbocycles. The molecule has 0 saturated carbocycles. The van der Waals surface area contributed by atoms with Crippen molar-refractivity contribution in [1.82, 2.24) is 20.5 Å². The van der Waals surface area contributed by atoms with Crippen molar-refractivity contribution in [2.45, 2.75) is 58.8 Å². The number of carbonyl (C=O) groups is 4. The van der Waals surface area contributed by atoms with E-state index in [1.54, 1.807) is 67.0 Å². The smallest absolute Gasteiger partial charge is 0.246 e. The fourth-order valence-corrected chi connectivity index (χ4v) is 9.94. The first-order chi connectivity index (χ1) is 33.2. The summed E-state index contributed by atoms with van der Waals surface area (Å²) < 4.78 is 28.9. The van der Waals surface area contributed by atoms with Gasteiger partial charge in [0.2, 0.25) is 17.7 Å². The van der Waals surface area contributed by atoms with Crippen LogP contribution in [0, 0.1) is 12.3 Å². The number of aliphatic hydroxyl groups is 1.